The van der Waals surface area contributed by atoms with Gasteiger partial charge in [-0.2, -0.15) is 0 Å². The summed E-state index contributed by atoms with van der Waals surface area (Å²) in [6, 6.07) is 0. The first kappa shape index (κ1) is 11.8. The largest absolute Gasteiger partial charge is 0.481 e. The van der Waals surface area contributed by atoms with E-state index in [1.165, 1.54) is 0 Å². The van der Waals surface area contributed by atoms with Crippen molar-refractivity contribution in [2.24, 2.45) is 0 Å². The molecule has 0 fully saturated rings. The average molecular weight is 210 g/mol. The lowest BCUT2D eigenvalue weighted by Crippen LogP contribution is -1.97. The van der Waals surface area contributed by atoms with Crippen molar-refractivity contribution in [2.75, 3.05) is 0 Å². The van der Waals surface area contributed by atoms with E-state index in [0.29, 0.717) is 6.42 Å². The molecular weight excluding hydrogens is 192 g/mol. The number of aliphatic carboxylic acids is 1. The summed E-state index contributed by atoms with van der Waals surface area (Å²) < 4.78 is 0. The zero-order valence-corrected chi connectivity index (χ0v) is 9.34. The van der Waals surface area contributed by atoms with Crippen LogP contribution in [0.1, 0.15) is 43.4 Å². The fraction of sp³-hybridized carbons (Fsp3) is 0.636. The van der Waals surface area contributed by atoms with Gasteiger partial charge in [0.15, 0.2) is 0 Å². The van der Waals surface area contributed by atoms with Crippen LogP contribution < -0.4 is 0 Å². The lowest BCUT2D eigenvalue weighted by Gasteiger charge is -1.93. The number of nitrogens with one attached hydrogen (secondary N) is 1. The summed E-state index contributed by atoms with van der Waals surface area (Å²) in [6.45, 7) is 4.14. The van der Waals surface area contributed by atoms with Crippen LogP contribution in [-0.4, -0.2) is 21.0 Å². The van der Waals surface area contributed by atoms with Crippen molar-refractivity contribution in [3.63, 3.8) is 0 Å². The number of H-pyrrole nitrogens is 1. The molecular formula is C11H18N2O2. The second-order valence-electron chi connectivity index (χ2n) is 3.75. The van der Waals surface area contributed by atoms with E-state index in [1.807, 2.05) is 6.92 Å². The molecule has 0 aliphatic heterocycles. The molecule has 1 aromatic rings. The van der Waals surface area contributed by atoms with E-state index in [1.54, 1.807) is 0 Å². The van der Waals surface area contributed by atoms with Gasteiger partial charge in [0.1, 0.15) is 5.82 Å². The quantitative estimate of drug-likeness (QED) is 0.755. The van der Waals surface area contributed by atoms with Gasteiger partial charge in [0, 0.05) is 18.5 Å². The van der Waals surface area contributed by atoms with Crippen LogP contribution in [0.5, 0.6) is 0 Å². The van der Waals surface area contributed by atoms with Gasteiger partial charge >= 0.3 is 5.97 Å². The molecule has 0 spiro atoms. The van der Waals surface area contributed by atoms with Crippen molar-refractivity contribution in [3.8, 4) is 0 Å². The first-order valence-corrected chi connectivity index (χ1v) is 5.39. The first-order chi connectivity index (χ1) is 7.13. The van der Waals surface area contributed by atoms with Gasteiger partial charge in [-0.15, -0.1) is 0 Å². The Kier molecular flexibility index (Phi) is 4.34. The molecule has 4 nitrogen and oxygen atoms in total. The second-order valence-corrected chi connectivity index (χ2v) is 3.75. The number of aromatic nitrogens is 2. The fourth-order valence-corrected chi connectivity index (χ4v) is 1.57. The van der Waals surface area contributed by atoms with Crippen molar-refractivity contribution in [3.05, 3.63) is 17.2 Å². The van der Waals surface area contributed by atoms with Crippen molar-refractivity contribution < 1.29 is 9.90 Å². The minimum atomic E-state index is -0.743. The molecule has 84 valence electrons. The molecule has 0 atom stereocenters. The predicted molar refractivity (Wildman–Crippen MR) is 57.9 cm³/mol. The highest BCUT2D eigenvalue weighted by atomic mass is 16.4. The zero-order valence-electron chi connectivity index (χ0n) is 9.34. The Morgan fingerprint density at radius 1 is 1.47 bits per heavy atom. The van der Waals surface area contributed by atoms with Gasteiger partial charge in [0.05, 0.1) is 5.69 Å². The van der Waals surface area contributed by atoms with E-state index in [9.17, 15) is 4.79 Å². The fourth-order valence-electron chi connectivity index (χ4n) is 1.57. The van der Waals surface area contributed by atoms with E-state index in [2.05, 4.69) is 16.9 Å². The van der Waals surface area contributed by atoms with Crippen LogP contribution in [0.3, 0.4) is 0 Å². The lowest BCUT2D eigenvalue weighted by molar-refractivity contribution is -0.137. The number of nitrogens with zero attached hydrogens (tertiary/aromatic N) is 1. The maximum absolute atomic E-state index is 10.3. The molecule has 0 aliphatic rings. The number of carbonyl (C=O) groups is 1. The van der Waals surface area contributed by atoms with Crippen LogP contribution in [-0.2, 0) is 17.6 Å². The number of imidazole rings is 1. The molecule has 0 aromatic carbocycles. The van der Waals surface area contributed by atoms with E-state index in [4.69, 9.17) is 5.11 Å². The lowest BCUT2D eigenvalue weighted by atomic mass is 10.2. The van der Waals surface area contributed by atoms with Gasteiger partial charge in [0.25, 0.3) is 0 Å². The third-order valence-corrected chi connectivity index (χ3v) is 2.33. The maximum atomic E-state index is 10.3. The summed E-state index contributed by atoms with van der Waals surface area (Å²) in [5.41, 5.74) is 2.23. The molecule has 0 bridgehead atoms. The summed E-state index contributed by atoms with van der Waals surface area (Å²) in [7, 11) is 0. The molecule has 0 amide bonds. The third-order valence-electron chi connectivity index (χ3n) is 2.33. The van der Waals surface area contributed by atoms with E-state index < -0.39 is 5.97 Å². The highest BCUT2D eigenvalue weighted by molar-refractivity contribution is 5.66. The van der Waals surface area contributed by atoms with Gasteiger partial charge in [-0.3, -0.25) is 4.79 Å². The van der Waals surface area contributed by atoms with E-state index >= 15 is 0 Å². The van der Waals surface area contributed by atoms with Gasteiger partial charge < -0.3 is 10.1 Å². The number of carboxylic acids is 1. The van der Waals surface area contributed by atoms with Gasteiger partial charge in [-0.05, 0) is 19.8 Å². The smallest absolute Gasteiger partial charge is 0.303 e. The standard InChI is InChI=1S/C11H18N2O2/c1-3-5-9-8(2)12-10(13-9)6-4-7-11(14)15/h3-7H2,1-2H3,(H,12,13)(H,14,15). The normalized spacial score (nSPS) is 10.5. The molecule has 1 rings (SSSR count). The molecule has 1 aromatic heterocycles. The number of aromatic amines is 1. The Morgan fingerprint density at radius 3 is 2.80 bits per heavy atom. The topological polar surface area (TPSA) is 66.0 Å². The Bertz CT molecular complexity index is 331. The van der Waals surface area contributed by atoms with E-state index in [0.717, 1.165) is 36.5 Å². The minimum absolute atomic E-state index is 0.211. The molecule has 4 heteroatoms. The molecule has 15 heavy (non-hydrogen) atoms. The number of carboxylic acid groups (broad SMARTS) is 1. The van der Waals surface area contributed by atoms with E-state index in [-0.39, 0.29) is 6.42 Å². The van der Waals surface area contributed by atoms with Gasteiger partial charge in [-0.1, -0.05) is 13.3 Å². The summed E-state index contributed by atoms with van der Waals surface area (Å²) in [6.07, 6.45) is 3.65. The van der Waals surface area contributed by atoms with Crippen LogP contribution in [0.2, 0.25) is 0 Å². The van der Waals surface area contributed by atoms with Crippen LogP contribution in [0.15, 0.2) is 0 Å². The van der Waals surface area contributed by atoms with Crippen molar-refractivity contribution in [2.45, 2.75) is 46.0 Å². The predicted octanol–water partition coefficient (Wildman–Crippen LogP) is 2.08. The Hall–Kier alpha value is -1.32. The summed E-state index contributed by atoms with van der Waals surface area (Å²) >= 11 is 0. The van der Waals surface area contributed by atoms with Crippen LogP contribution in [0.4, 0.5) is 0 Å². The van der Waals surface area contributed by atoms with Crippen LogP contribution in [0.25, 0.3) is 0 Å². The zero-order chi connectivity index (χ0) is 11.3. The Morgan fingerprint density at radius 2 is 2.20 bits per heavy atom. The summed E-state index contributed by atoms with van der Waals surface area (Å²) in [5, 5.41) is 8.50. The SMILES string of the molecule is CCCc1nc(CCCC(=O)O)[nH]c1C. The second kappa shape index (κ2) is 5.53. The molecule has 0 saturated carbocycles. The molecule has 0 saturated heterocycles. The summed E-state index contributed by atoms with van der Waals surface area (Å²) in [5.74, 6) is 0.171. The van der Waals surface area contributed by atoms with Gasteiger partial charge in [-0.25, -0.2) is 4.98 Å². The highest BCUT2D eigenvalue weighted by Crippen LogP contribution is 2.09. The van der Waals surface area contributed by atoms with Crippen molar-refractivity contribution in [1.82, 2.24) is 9.97 Å². The molecule has 0 radical (unpaired) electrons. The monoisotopic (exact) mass is 210 g/mol. The van der Waals surface area contributed by atoms with Crippen LogP contribution >= 0.6 is 0 Å². The summed E-state index contributed by atoms with van der Waals surface area (Å²) in [4.78, 5) is 18.0. The minimum Gasteiger partial charge on any atom is -0.481 e. The van der Waals surface area contributed by atoms with Crippen LogP contribution in [0, 0.1) is 6.92 Å². The number of hydrogen-bond acceptors (Lipinski definition) is 2. The number of rotatable bonds is 6. The third kappa shape index (κ3) is 3.73. The Labute approximate surface area is 89.7 Å². The first-order valence-electron chi connectivity index (χ1n) is 5.39. The number of hydrogen-bond donors (Lipinski definition) is 2. The molecule has 1 heterocycles. The Balaban J connectivity index is 2.47. The van der Waals surface area contributed by atoms with Crippen molar-refractivity contribution in [1.29, 1.82) is 0 Å². The molecule has 0 aliphatic carbocycles. The molecule has 0 unspecified atom stereocenters. The molecule has 2 N–H and O–H groups in total. The average Bonchev–Trinajstić information content (AvgIpc) is 2.47. The maximum Gasteiger partial charge on any atom is 0.303 e. The van der Waals surface area contributed by atoms with Gasteiger partial charge in [0.2, 0.25) is 0 Å². The van der Waals surface area contributed by atoms with Crippen molar-refractivity contribution >= 4 is 5.97 Å². The highest BCUT2D eigenvalue weighted by Gasteiger charge is 2.06. The number of aryl methyl sites for hydroxylation is 3.